The Labute approximate surface area is 273 Å². The van der Waals surface area contributed by atoms with Crippen LogP contribution >= 0.6 is 11.8 Å². The van der Waals surface area contributed by atoms with Crippen LogP contribution in [0.5, 0.6) is 0 Å². The van der Waals surface area contributed by atoms with Crippen molar-refractivity contribution < 1.29 is 14.4 Å². The molecule has 46 heavy (non-hydrogen) atoms. The molecule has 0 saturated heterocycles. The summed E-state index contributed by atoms with van der Waals surface area (Å²) in [6, 6.07) is 35.2. The molecule has 0 aliphatic carbocycles. The smallest absolute Gasteiger partial charge is 0.272 e. The van der Waals surface area contributed by atoms with Gasteiger partial charge in [0.2, 0.25) is 5.91 Å². The third-order valence-corrected chi connectivity index (χ3v) is 8.49. The molecule has 8 heteroatoms. The zero-order valence-corrected chi connectivity index (χ0v) is 26.4. The number of aryl methyl sites for hydroxylation is 2. The van der Waals surface area contributed by atoms with Crippen LogP contribution in [0.1, 0.15) is 44.8 Å². The molecule has 0 fully saturated rings. The lowest BCUT2D eigenvalue weighted by Gasteiger charge is -2.20. The van der Waals surface area contributed by atoms with E-state index in [0.717, 1.165) is 33.7 Å². The lowest BCUT2D eigenvalue weighted by Crippen LogP contribution is -2.30. The molecule has 1 atom stereocenters. The molecule has 0 aliphatic rings. The Balaban J connectivity index is 1.33. The Hall–Kier alpha value is -5.47. The van der Waals surface area contributed by atoms with Crippen LogP contribution in [-0.2, 0) is 16.0 Å². The average Bonchev–Trinajstić information content (AvgIpc) is 3.09. The molecule has 5 rings (SSSR count). The Kier molecular flexibility index (Phi) is 10.8. The third kappa shape index (κ3) is 8.37. The van der Waals surface area contributed by atoms with Gasteiger partial charge in [-0.2, -0.15) is 0 Å². The molecule has 0 aliphatic heterocycles. The lowest BCUT2D eigenvalue weighted by molar-refractivity contribution is -0.116. The van der Waals surface area contributed by atoms with Crippen molar-refractivity contribution in [3.8, 4) is 0 Å². The molecule has 3 N–H and O–H groups in total. The van der Waals surface area contributed by atoms with E-state index in [-0.39, 0.29) is 11.6 Å². The summed E-state index contributed by atoms with van der Waals surface area (Å²) >= 11 is 1.43. The van der Waals surface area contributed by atoms with Crippen molar-refractivity contribution in [1.29, 1.82) is 0 Å². The van der Waals surface area contributed by atoms with Gasteiger partial charge in [-0.05, 0) is 84.1 Å². The molecule has 0 radical (unpaired) electrons. The molecule has 3 amide bonds. The van der Waals surface area contributed by atoms with Gasteiger partial charge in [0.15, 0.2) is 0 Å². The number of hydrogen-bond acceptors (Lipinski definition) is 5. The number of nitrogens with zero attached hydrogens (tertiary/aromatic N) is 1. The van der Waals surface area contributed by atoms with Crippen LogP contribution in [0.25, 0.3) is 6.08 Å². The molecular formula is C38H34N4O3S. The second kappa shape index (κ2) is 15.5. The van der Waals surface area contributed by atoms with Crippen LogP contribution in [-0.4, -0.2) is 22.7 Å². The first-order valence-corrected chi connectivity index (χ1v) is 15.8. The van der Waals surface area contributed by atoms with E-state index in [1.54, 1.807) is 67.0 Å². The van der Waals surface area contributed by atoms with Crippen molar-refractivity contribution in [3.05, 3.63) is 161 Å². The Bertz CT molecular complexity index is 1830. The van der Waals surface area contributed by atoms with E-state index < -0.39 is 17.1 Å². The minimum Gasteiger partial charge on any atom is -0.324 e. The molecule has 1 heterocycles. The van der Waals surface area contributed by atoms with Gasteiger partial charge < -0.3 is 16.0 Å². The minimum absolute atomic E-state index is 0.0729. The fourth-order valence-corrected chi connectivity index (χ4v) is 5.84. The number of carbonyl (C=O) groups is 3. The number of nitrogens with one attached hydrogen (secondary N) is 3. The van der Waals surface area contributed by atoms with Gasteiger partial charge in [0.25, 0.3) is 11.8 Å². The molecule has 0 spiro atoms. The number of anilines is 2. The SMILES string of the molecule is CCc1cccc(C)c1NC(=O)C(Sc1ccc(NC(=O)/C(=C/c2cccnc2)NC(=O)c2ccccc2)cc1)c1ccccc1. The van der Waals surface area contributed by atoms with Gasteiger partial charge in [0.1, 0.15) is 10.9 Å². The van der Waals surface area contributed by atoms with Crippen LogP contribution in [0.3, 0.4) is 0 Å². The fraction of sp³-hybridized carbons (Fsp3) is 0.105. The van der Waals surface area contributed by atoms with Crippen LogP contribution in [0.15, 0.2) is 138 Å². The van der Waals surface area contributed by atoms with Crippen LogP contribution in [0, 0.1) is 6.92 Å². The first-order valence-electron chi connectivity index (χ1n) is 14.9. The van der Waals surface area contributed by atoms with Crippen LogP contribution in [0.4, 0.5) is 11.4 Å². The molecule has 230 valence electrons. The highest BCUT2D eigenvalue weighted by atomic mass is 32.2. The summed E-state index contributed by atoms with van der Waals surface area (Å²) in [5, 5.41) is 8.29. The Morgan fingerprint density at radius 1 is 0.804 bits per heavy atom. The van der Waals surface area contributed by atoms with Crippen LogP contribution in [0.2, 0.25) is 0 Å². The highest BCUT2D eigenvalue weighted by Gasteiger charge is 2.24. The number of carbonyl (C=O) groups excluding carboxylic acids is 3. The third-order valence-electron chi connectivity index (χ3n) is 7.22. The standard InChI is InChI=1S/C38H34N4O3S/c1-3-28-18-10-12-26(2)34(28)42-38(45)35(29-14-6-4-7-15-29)46-32-21-19-31(20-22-32)40-37(44)33(24-27-13-11-23-39-25-27)41-36(43)30-16-8-5-9-17-30/h4-25,35H,3H2,1-2H3,(H,40,44)(H,41,43)(H,42,45)/b33-24-. The first kappa shape index (κ1) is 31.9. The monoisotopic (exact) mass is 626 g/mol. The maximum absolute atomic E-state index is 13.7. The Morgan fingerprint density at radius 3 is 2.20 bits per heavy atom. The van der Waals surface area contributed by atoms with E-state index in [9.17, 15) is 14.4 Å². The zero-order chi connectivity index (χ0) is 32.3. The highest BCUT2D eigenvalue weighted by molar-refractivity contribution is 8.00. The van der Waals surface area contributed by atoms with E-state index in [1.165, 1.54) is 11.8 Å². The van der Waals surface area contributed by atoms with Gasteiger partial charge in [0.05, 0.1) is 0 Å². The number of amides is 3. The summed E-state index contributed by atoms with van der Waals surface area (Å²) in [6.07, 6.45) is 5.63. The van der Waals surface area contributed by atoms with E-state index in [0.29, 0.717) is 16.8 Å². The predicted octanol–water partition coefficient (Wildman–Crippen LogP) is 7.83. The van der Waals surface area contributed by atoms with Crippen molar-refractivity contribution >= 4 is 46.9 Å². The van der Waals surface area contributed by atoms with Gasteiger partial charge in [-0.1, -0.05) is 79.7 Å². The molecule has 4 aromatic carbocycles. The summed E-state index contributed by atoms with van der Waals surface area (Å²) in [6.45, 7) is 4.07. The molecule has 1 aromatic heterocycles. The van der Waals surface area contributed by atoms with Gasteiger partial charge in [-0.15, -0.1) is 11.8 Å². The van der Waals surface area contributed by atoms with Crippen molar-refractivity contribution in [2.45, 2.75) is 30.4 Å². The van der Waals surface area contributed by atoms with Crippen molar-refractivity contribution in [2.75, 3.05) is 10.6 Å². The summed E-state index contributed by atoms with van der Waals surface area (Å²) in [4.78, 5) is 45.0. The minimum atomic E-state index is -0.506. The van der Waals surface area contributed by atoms with Crippen LogP contribution < -0.4 is 16.0 Å². The van der Waals surface area contributed by atoms with E-state index >= 15 is 0 Å². The van der Waals surface area contributed by atoms with Gasteiger partial charge >= 0.3 is 0 Å². The average molecular weight is 627 g/mol. The van der Waals surface area contributed by atoms with Crippen molar-refractivity contribution in [2.24, 2.45) is 0 Å². The van der Waals surface area contributed by atoms with E-state index in [2.05, 4.69) is 27.9 Å². The van der Waals surface area contributed by atoms with Crippen molar-refractivity contribution in [1.82, 2.24) is 10.3 Å². The second-order valence-electron chi connectivity index (χ2n) is 10.5. The second-order valence-corrected chi connectivity index (χ2v) is 11.7. The highest BCUT2D eigenvalue weighted by Crippen LogP contribution is 2.37. The molecule has 0 saturated carbocycles. The number of rotatable bonds is 11. The number of benzene rings is 4. The molecular weight excluding hydrogens is 593 g/mol. The lowest BCUT2D eigenvalue weighted by atomic mass is 10.1. The maximum Gasteiger partial charge on any atom is 0.272 e. The molecule has 0 bridgehead atoms. The summed E-state index contributed by atoms with van der Waals surface area (Å²) in [5.41, 5.74) is 5.53. The zero-order valence-electron chi connectivity index (χ0n) is 25.6. The summed E-state index contributed by atoms with van der Waals surface area (Å²) in [5.74, 6) is -1.00. The predicted molar refractivity (Wildman–Crippen MR) is 185 cm³/mol. The largest absolute Gasteiger partial charge is 0.324 e. The maximum atomic E-state index is 13.7. The number of aromatic nitrogens is 1. The fourth-order valence-electron chi connectivity index (χ4n) is 4.81. The molecule has 1 unspecified atom stereocenters. The number of para-hydroxylation sites is 1. The first-order chi connectivity index (χ1) is 22.4. The van der Waals surface area contributed by atoms with E-state index in [1.807, 2.05) is 73.7 Å². The molecule has 5 aromatic rings. The normalized spacial score (nSPS) is 11.7. The van der Waals surface area contributed by atoms with Gasteiger partial charge in [-0.25, -0.2) is 0 Å². The summed E-state index contributed by atoms with van der Waals surface area (Å²) in [7, 11) is 0. The quantitative estimate of drug-likeness (QED) is 0.103. The van der Waals surface area contributed by atoms with E-state index in [4.69, 9.17) is 0 Å². The van der Waals surface area contributed by atoms with Gasteiger partial charge in [-0.3, -0.25) is 19.4 Å². The Morgan fingerprint density at radius 2 is 1.52 bits per heavy atom. The van der Waals surface area contributed by atoms with Gasteiger partial charge in [0, 0.05) is 34.2 Å². The number of thioether (sulfide) groups is 1. The number of hydrogen-bond donors (Lipinski definition) is 3. The topological polar surface area (TPSA) is 100 Å². The number of pyridine rings is 1. The molecule has 7 nitrogen and oxygen atoms in total. The summed E-state index contributed by atoms with van der Waals surface area (Å²) < 4.78 is 0. The van der Waals surface area contributed by atoms with Crippen molar-refractivity contribution in [3.63, 3.8) is 0 Å².